The number of hydrazone groups is 1. The number of para-hydroxylation sites is 1. The molecule has 0 amide bonds. The maximum atomic E-state index is 10.2. The molecule has 2 aromatic heterocycles. The number of phenolic OH excluding ortho intramolecular Hbond substituents is 1. The zero-order valence-corrected chi connectivity index (χ0v) is 15.3. The summed E-state index contributed by atoms with van der Waals surface area (Å²) in [6.07, 6.45) is 4.76. The first-order valence-electron chi connectivity index (χ1n) is 9.05. The highest BCUT2D eigenvalue weighted by atomic mass is 16.3. The Hall–Kier alpha value is -4.26. The quantitative estimate of drug-likeness (QED) is 0.362. The molecular formula is C22H16N6O. The molecule has 0 aliphatic rings. The van der Waals surface area contributed by atoms with Gasteiger partial charge in [-0.15, -0.1) is 0 Å². The summed E-state index contributed by atoms with van der Waals surface area (Å²) in [6, 6.07) is 21.1. The van der Waals surface area contributed by atoms with E-state index in [4.69, 9.17) is 0 Å². The van der Waals surface area contributed by atoms with E-state index in [1.807, 2.05) is 60.7 Å². The molecule has 0 aliphatic heterocycles. The normalized spacial score (nSPS) is 11.4. The number of hydrogen-bond acceptors (Lipinski definition) is 6. The van der Waals surface area contributed by atoms with E-state index in [1.165, 1.54) is 6.33 Å². The van der Waals surface area contributed by atoms with Crippen molar-refractivity contribution in [2.45, 2.75) is 0 Å². The Labute approximate surface area is 166 Å². The zero-order chi connectivity index (χ0) is 19.6. The molecule has 0 saturated carbocycles. The summed E-state index contributed by atoms with van der Waals surface area (Å²) in [5.74, 6) is 0.701. The van der Waals surface area contributed by atoms with Crippen molar-refractivity contribution in [1.82, 2.24) is 19.7 Å². The van der Waals surface area contributed by atoms with Crippen molar-refractivity contribution in [2.75, 3.05) is 5.43 Å². The van der Waals surface area contributed by atoms with Crippen molar-refractivity contribution in [3.8, 4) is 11.4 Å². The number of anilines is 1. The Morgan fingerprint density at radius 3 is 2.62 bits per heavy atom. The number of nitrogens with one attached hydrogen (secondary N) is 1. The van der Waals surface area contributed by atoms with Crippen LogP contribution in [0.2, 0.25) is 0 Å². The molecule has 7 heteroatoms. The topological polar surface area (TPSA) is 88.2 Å². The first-order chi connectivity index (χ1) is 14.3. The van der Waals surface area contributed by atoms with Gasteiger partial charge in [-0.1, -0.05) is 48.5 Å². The molecule has 0 spiro atoms. The van der Waals surface area contributed by atoms with Crippen LogP contribution in [0.25, 0.3) is 27.5 Å². The molecule has 0 unspecified atom stereocenters. The molecule has 3 aromatic carbocycles. The lowest BCUT2D eigenvalue weighted by atomic mass is 10.0. The summed E-state index contributed by atoms with van der Waals surface area (Å²) in [5, 5.41) is 21.7. The van der Waals surface area contributed by atoms with Gasteiger partial charge in [0, 0.05) is 5.56 Å². The summed E-state index contributed by atoms with van der Waals surface area (Å²) in [4.78, 5) is 8.63. The van der Waals surface area contributed by atoms with Crippen molar-refractivity contribution >= 4 is 33.8 Å². The van der Waals surface area contributed by atoms with Crippen molar-refractivity contribution in [3.63, 3.8) is 0 Å². The highest BCUT2D eigenvalue weighted by Gasteiger charge is 2.10. The fourth-order valence-corrected chi connectivity index (χ4v) is 3.27. The van der Waals surface area contributed by atoms with Crippen LogP contribution in [-0.4, -0.2) is 31.1 Å². The van der Waals surface area contributed by atoms with E-state index >= 15 is 0 Å². The third-order valence-corrected chi connectivity index (χ3v) is 4.68. The molecule has 0 bridgehead atoms. The second kappa shape index (κ2) is 7.05. The SMILES string of the molecule is Oc1ccc2ccccc2c1/C=N\Nc1ncnc2c1cnn2-c1ccccc1. The molecule has 5 rings (SSSR count). The fraction of sp³-hybridized carbons (Fsp3) is 0. The van der Waals surface area contributed by atoms with Crippen LogP contribution in [0.4, 0.5) is 5.82 Å². The summed E-state index contributed by atoms with van der Waals surface area (Å²) in [6.45, 7) is 0. The number of rotatable bonds is 4. The Morgan fingerprint density at radius 2 is 1.72 bits per heavy atom. The van der Waals surface area contributed by atoms with Crippen LogP contribution in [0, 0.1) is 0 Å². The summed E-state index contributed by atoms with van der Waals surface area (Å²) in [5.41, 5.74) is 5.18. The molecule has 140 valence electrons. The number of nitrogens with zero attached hydrogens (tertiary/aromatic N) is 5. The predicted octanol–water partition coefficient (Wildman–Crippen LogP) is 4.12. The lowest BCUT2D eigenvalue weighted by Gasteiger charge is -2.05. The van der Waals surface area contributed by atoms with Crippen LogP contribution >= 0.6 is 0 Å². The molecule has 0 atom stereocenters. The lowest BCUT2D eigenvalue weighted by Crippen LogP contribution is -1.99. The summed E-state index contributed by atoms with van der Waals surface area (Å²) in [7, 11) is 0. The van der Waals surface area contributed by atoms with Gasteiger partial charge in [-0.25, -0.2) is 14.6 Å². The minimum absolute atomic E-state index is 0.166. The van der Waals surface area contributed by atoms with Crippen LogP contribution in [-0.2, 0) is 0 Å². The zero-order valence-electron chi connectivity index (χ0n) is 15.3. The average molecular weight is 380 g/mol. The molecule has 5 aromatic rings. The number of fused-ring (bicyclic) bond motifs is 2. The van der Waals surface area contributed by atoms with Crippen LogP contribution in [0.1, 0.15) is 5.56 Å². The summed E-state index contributed by atoms with van der Waals surface area (Å²) >= 11 is 0. The van der Waals surface area contributed by atoms with Gasteiger partial charge in [0.05, 0.1) is 23.5 Å². The predicted molar refractivity (Wildman–Crippen MR) is 113 cm³/mol. The second-order valence-corrected chi connectivity index (χ2v) is 6.44. The monoisotopic (exact) mass is 380 g/mol. The minimum atomic E-state index is 0.166. The van der Waals surface area contributed by atoms with E-state index in [0.29, 0.717) is 17.0 Å². The number of phenols is 1. The first kappa shape index (κ1) is 16.9. The molecule has 0 radical (unpaired) electrons. The number of benzene rings is 3. The number of hydrogen-bond donors (Lipinski definition) is 2. The lowest BCUT2D eigenvalue weighted by molar-refractivity contribution is 0.475. The third kappa shape index (κ3) is 3.04. The van der Waals surface area contributed by atoms with Crippen LogP contribution < -0.4 is 5.43 Å². The molecule has 0 saturated heterocycles. The Bertz CT molecular complexity index is 1340. The standard InChI is InChI=1S/C22H16N6O/c29-20-11-10-15-6-4-5-9-17(15)18(20)12-25-27-21-19-13-26-28(22(19)24-14-23-21)16-7-2-1-3-8-16/h1-14,29H,(H,23,24,27)/b25-12-. The third-order valence-electron chi connectivity index (χ3n) is 4.68. The van der Waals surface area contributed by atoms with Gasteiger partial charge in [0.1, 0.15) is 12.1 Å². The van der Waals surface area contributed by atoms with Gasteiger partial charge in [0.25, 0.3) is 0 Å². The van der Waals surface area contributed by atoms with E-state index in [2.05, 4.69) is 25.6 Å². The smallest absolute Gasteiger partial charge is 0.168 e. The number of aromatic nitrogens is 4. The van der Waals surface area contributed by atoms with Gasteiger partial charge in [0.2, 0.25) is 0 Å². The highest BCUT2D eigenvalue weighted by Crippen LogP contribution is 2.26. The van der Waals surface area contributed by atoms with E-state index in [-0.39, 0.29) is 5.75 Å². The fourth-order valence-electron chi connectivity index (χ4n) is 3.27. The molecule has 7 nitrogen and oxygen atoms in total. The van der Waals surface area contributed by atoms with Gasteiger partial charge in [-0.05, 0) is 29.0 Å². The number of aromatic hydroxyl groups is 1. The maximum absolute atomic E-state index is 10.2. The molecule has 0 aliphatic carbocycles. The Balaban J connectivity index is 1.49. The van der Waals surface area contributed by atoms with Crippen LogP contribution in [0.5, 0.6) is 5.75 Å². The molecule has 0 fully saturated rings. The van der Waals surface area contributed by atoms with Gasteiger partial charge < -0.3 is 5.11 Å². The molecule has 2 heterocycles. The van der Waals surface area contributed by atoms with E-state index < -0.39 is 0 Å². The van der Waals surface area contributed by atoms with Gasteiger partial charge >= 0.3 is 0 Å². The largest absolute Gasteiger partial charge is 0.507 e. The molecular weight excluding hydrogens is 364 g/mol. The van der Waals surface area contributed by atoms with Gasteiger partial charge in [0.15, 0.2) is 11.5 Å². The van der Waals surface area contributed by atoms with Gasteiger partial charge in [-0.3, -0.25) is 5.43 Å². The molecule has 2 N–H and O–H groups in total. The average Bonchev–Trinajstić information content (AvgIpc) is 3.21. The Morgan fingerprint density at radius 1 is 0.897 bits per heavy atom. The van der Waals surface area contributed by atoms with E-state index in [1.54, 1.807) is 23.2 Å². The van der Waals surface area contributed by atoms with Crippen molar-refractivity contribution in [1.29, 1.82) is 0 Å². The van der Waals surface area contributed by atoms with E-state index in [0.717, 1.165) is 21.8 Å². The molecule has 29 heavy (non-hydrogen) atoms. The Kier molecular flexibility index (Phi) is 4.10. The first-order valence-corrected chi connectivity index (χ1v) is 9.05. The van der Waals surface area contributed by atoms with Crippen molar-refractivity contribution in [3.05, 3.63) is 84.8 Å². The van der Waals surface area contributed by atoms with E-state index in [9.17, 15) is 5.11 Å². The maximum Gasteiger partial charge on any atom is 0.168 e. The minimum Gasteiger partial charge on any atom is -0.507 e. The highest BCUT2D eigenvalue weighted by molar-refractivity contribution is 6.02. The summed E-state index contributed by atoms with van der Waals surface area (Å²) < 4.78 is 1.75. The van der Waals surface area contributed by atoms with Gasteiger partial charge in [-0.2, -0.15) is 10.2 Å². The van der Waals surface area contributed by atoms with Crippen molar-refractivity contribution in [2.24, 2.45) is 5.10 Å². The van der Waals surface area contributed by atoms with Crippen LogP contribution in [0.15, 0.2) is 84.4 Å². The van der Waals surface area contributed by atoms with Crippen LogP contribution in [0.3, 0.4) is 0 Å². The second-order valence-electron chi connectivity index (χ2n) is 6.44. The van der Waals surface area contributed by atoms with Crippen molar-refractivity contribution < 1.29 is 5.11 Å².